The summed E-state index contributed by atoms with van der Waals surface area (Å²) in [5, 5.41) is 11.1. The molecule has 0 spiro atoms. The highest BCUT2D eigenvalue weighted by Crippen LogP contribution is 2.45. The molecule has 1 N–H and O–H groups in total. The van der Waals surface area contributed by atoms with Crippen LogP contribution in [0.4, 0.5) is 0 Å². The first-order valence-electron chi connectivity index (χ1n) is 10.2. The SMILES string of the molecule is CCCN1C(=O)C(=O)/C(=C(/O)c2ccc(OCC)cc2)C1c1cccc(OC)c1OC. The number of benzene rings is 2. The van der Waals surface area contributed by atoms with E-state index in [1.807, 2.05) is 13.8 Å². The van der Waals surface area contributed by atoms with Crippen LogP contribution in [0.5, 0.6) is 17.2 Å². The molecule has 1 saturated heterocycles. The Morgan fingerprint density at radius 2 is 1.74 bits per heavy atom. The van der Waals surface area contributed by atoms with Gasteiger partial charge in [-0.3, -0.25) is 9.59 Å². The standard InChI is InChI=1S/C24H27NO6/c1-5-14-25-20(17-8-7-9-18(29-3)23(17)30-4)19(22(27)24(25)28)21(26)15-10-12-16(13-11-15)31-6-2/h7-13,20,26H,5-6,14H2,1-4H3/b21-19+. The molecule has 31 heavy (non-hydrogen) atoms. The topological polar surface area (TPSA) is 85.3 Å². The minimum Gasteiger partial charge on any atom is -0.507 e. The monoisotopic (exact) mass is 425 g/mol. The Labute approximate surface area is 181 Å². The van der Waals surface area contributed by atoms with Crippen LogP contribution in [0.15, 0.2) is 48.0 Å². The molecule has 164 valence electrons. The second kappa shape index (κ2) is 9.55. The van der Waals surface area contributed by atoms with Crippen LogP contribution < -0.4 is 14.2 Å². The summed E-state index contributed by atoms with van der Waals surface area (Å²) in [6.07, 6.45) is 0.652. The quantitative estimate of drug-likeness (QED) is 0.392. The summed E-state index contributed by atoms with van der Waals surface area (Å²) in [5.41, 5.74) is 1.01. The number of hydrogen-bond acceptors (Lipinski definition) is 6. The smallest absolute Gasteiger partial charge is 0.295 e. The molecule has 0 saturated carbocycles. The molecule has 3 rings (SSSR count). The number of aliphatic hydroxyl groups is 1. The molecule has 1 heterocycles. The Morgan fingerprint density at radius 1 is 1.03 bits per heavy atom. The van der Waals surface area contributed by atoms with Crippen LogP contribution in [-0.4, -0.2) is 49.1 Å². The number of nitrogens with zero attached hydrogens (tertiary/aromatic N) is 1. The van der Waals surface area contributed by atoms with Gasteiger partial charge in [0.15, 0.2) is 11.5 Å². The van der Waals surface area contributed by atoms with Gasteiger partial charge in [0.2, 0.25) is 0 Å². The number of ether oxygens (including phenoxy) is 3. The van der Waals surface area contributed by atoms with Crippen LogP contribution in [0.2, 0.25) is 0 Å². The molecule has 0 aromatic heterocycles. The molecule has 1 atom stereocenters. The van der Waals surface area contributed by atoms with E-state index in [1.165, 1.54) is 19.1 Å². The molecule has 0 bridgehead atoms. The van der Waals surface area contributed by atoms with Gasteiger partial charge in [-0.25, -0.2) is 0 Å². The van der Waals surface area contributed by atoms with Gasteiger partial charge in [-0.1, -0.05) is 19.1 Å². The number of rotatable bonds is 8. The fourth-order valence-corrected chi connectivity index (χ4v) is 3.83. The number of ketones is 1. The van der Waals surface area contributed by atoms with Gasteiger partial charge in [-0.05, 0) is 43.7 Å². The van der Waals surface area contributed by atoms with Crippen molar-refractivity contribution in [2.45, 2.75) is 26.3 Å². The second-order valence-corrected chi connectivity index (χ2v) is 7.03. The maximum Gasteiger partial charge on any atom is 0.295 e. The molecule has 1 amide bonds. The fraction of sp³-hybridized carbons (Fsp3) is 0.333. The molecule has 2 aromatic carbocycles. The van der Waals surface area contributed by atoms with Crippen LogP contribution >= 0.6 is 0 Å². The normalized spacial score (nSPS) is 17.7. The molecule has 7 heteroatoms. The third-order valence-corrected chi connectivity index (χ3v) is 5.17. The van der Waals surface area contributed by atoms with Crippen LogP contribution in [0, 0.1) is 0 Å². The predicted octanol–water partition coefficient (Wildman–Crippen LogP) is 3.93. The van der Waals surface area contributed by atoms with Crippen molar-refractivity contribution in [2.24, 2.45) is 0 Å². The van der Waals surface area contributed by atoms with Crippen molar-refractivity contribution in [1.29, 1.82) is 0 Å². The van der Waals surface area contributed by atoms with E-state index in [1.54, 1.807) is 42.5 Å². The van der Waals surface area contributed by atoms with Crippen molar-refractivity contribution in [3.05, 3.63) is 59.2 Å². The highest BCUT2D eigenvalue weighted by Gasteiger charge is 2.47. The van der Waals surface area contributed by atoms with E-state index in [2.05, 4.69) is 0 Å². The molecule has 0 radical (unpaired) electrons. The molecular formula is C24H27NO6. The molecule has 2 aromatic rings. The highest BCUT2D eigenvalue weighted by atomic mass is 16.5. The summed E-state index contributed by atoms with van der Waals surface area (Å²) in [4.78, 5) is 27.3. The number of amides is 1. The van der Waals surface area contributed by atoms with Crippen LogP contribution in [0.25, 0.3) is 5.76 Å². The zero-order chi connectivity index (χ0) is 22.5. The number of para-hydroxylation sites is 1. The minimum absolute atomic E-state index is 0.0224. The Kier molecular flexibility index (Phi) is 6.84. The first-order chi connectivity index (χ1) is 15.0. The summed E-state index contributed by atoms with van der Waals surface area (Å²) in [6.45, 7) is 4.68. The lowest BCUT2D eigenvalue weighted by atomic mass is 9.94. The van der Waals surface area contributed by atoms with Crippen molar-refractivity contribution < 1.29 is 28.9 Å². The van der Waals surface area contributed by atoms with Crippen molar-refractivity contribution in [1.82, 2.24) is 4.90 Å². The molecule has 1 fully saturated rings. The van der Waals surface area contributed by atoms with Gasteiger partial charge in [-0.2, -0.15) is 0 Å². The Hall–Kier alpha value is -3.48. The van der Waals surface area contributed by atoms with E-state index in [4.69, 9.17) is 14.2 Å². The van der Waals surface area contributed by atoms with Crippen molar-refractivity contribution in [2.75, 3.05) is 27.4 Å². The van der Waals surface area contributed by atoms with Gasteiger partial charge >= 0.3 is 0 Å². The summed E-state index contributed by atoms with van der Waals surface area (Å²) in [7, 11) is 3.02. The Balaban J connectivity index is 2.20. The van der Waals surface area contributed by atoms with Crippen LogP contribution in [0.1, 0.15) is 37.4 Å². The average molecular weight is 425 g/mol. The van der Waals surface area contributed by atoms with Gasteiger partial charge in [0.1, 0.15) is 11.5 Å². The number of hydrogen-bond donors (Lipinski definition) is 1. The molecule has 7 nitrogen and oxygen atoms in total. The van der Waals surface area contributed by atoms with E-state index in [0.717, 1.165) is 0 Å². The highest BCUT2D eigenvalue weighted by molar-refractivity contribution is 6.46. The van der Waals surface area contributed by atoms with Crippen LogP contribution in [0.3, 0.4) is 0 Å². The third kappa shape index (κ3) is 4.08. The largest absolute Gasteiger partial charge is 0.507 e. The van der Waals surface area contributed by atoms with E-state index in [0.29, 0.717) is 47.9 Å². The van der Waals surface area contributed by atoms with Gasteiger partial charge in [-0.15, -0.1) is 0 Å². The minimum atomic E-state index is -0.795. The molecule has 1 unspecified atom stereocenters. The first-order valence-corrected chi connectivity index (χ1v) is 10.2. The van der Waals surface area contributed by atoms with E-state index in [9.17, 15) is 14.7 Å². The lowest BCUT2D eigenvalue weighted by Gasteiger charge is -2.26. The number of Topliss-reactive ketones (excluding diaryl/α,β-unsaturated/α-hetero) is 1. The van der Waals surface area contributed by atoms with Crippen molar-refractivity contribution in [3.63, 3.8) is 0 Å². The number of carbonyl (C=O) groups is 2. The summed E-state index contributed by atoms with van der Waals surface area (Å²) in [6, 6.07) is 11.2. The third-order valence-electron chi connectivity index (χ3n) is 5.17. The summed E-state index contributed by atoms with van der Waals surface area (Å²) in [5.74, 6) is -0.0796. The Bertz CT molecular complexity index is 996. The van der Waals surface area contributed by atoms with E-state index >= 15 is 0 Å². The zero-order valence-corrected chi connectivity index (χ0v) is 18.2. The predicted molar refractivity (Wildman–Crippen MR) is 116 cm³/mol. The van der Waals surface area contributed by atoms with Gasteiger partial charge < -0.3 is 24.2 Å². The summed E-state index contributed by atoms with van der Waals surface area (Å²) >= 11 is 0. The molecule has 1 aliphatic rings. The van der Waals surface area contributed by atoms with E-state index < -0.39 is 17.7 Å². The fourth-order valence-electron chi connectivity index (χ4n) is 3.83. The first kappa shape index (κ1) is 22.2. The zero-order valence-electron chi connectivity index (χ0n) is 18.2. The Morgan fingerprint density at radius 3 is 2.32 bits per heavy atom. The number of aliphatic hydroxyl groups excluding tert-OH is 1. The molecular weight excluding hydrogens is 398 g/mol. The maximum absolute atomic E-state index is 13.0. The van der Waals surface area contributed by atoms with Gasteiger partial charge in [0, 0.05) is 17.7 Å². The van der Waals surface area contributed by atoms with Crippen molar-refractivity contribution >= 4 is 17.4 Å². The number of methoxy groups -OCH3 is 2. The lowest BCUT2D eigenvalue weighted by molar-refractivity contribution is -0.139. The number of carbonyl (C=O) groups excluding carboxylic acids is 2. The van der Waals surface area contributed by atoms with E-state index in [-0.39, 0.29) is 11.3 Å². The molecule has 0 aliphatic carbocycles. The van der Waals surface area contributed by atoms with Crippen molar-refractivity contribution in [3.8, 4) is 17.2 Å². The van der Waals surface area contributed by atoms with Crippen LogP contribution in [-0.2, 0) is 9.59 Å². The van der Waals surface area contributed by atoms with Gasteiger partial charge in [0.05, 0.1) is 32.4 Å². The van der Waals surface area contributed by atoms with Gasteiger partial charge in [0.25, 0.3) is 11.7 Å². The maximum atomic E-state index is 13.0. The summed E-state index contributed by atoms with van der Waals surface area (Å²) < 4.78 is 16.4. The lowest BCUT2D eigenvalue weighted by Crippen LogP contribution is -2.30. The molecule has 1 aliphatic heterocycles. The average Bonchev–Trinajstić information content (AvgIpc) is 3.03. The second-order valence-electron chi connectivity index (χ2n) is 7.03. The number of likely N-dealkylation sites (tertiary alicyclic amines) is 1.